The molecule has 0 radical (unpaired) electrons. The van der Waals surface area contributed by atoms with Crippen molar-refractivity contribution < 1.29 is 4.74 Å². The molecule has 7 heteroatoms. The van der Waals surface area contributed by atoms with E-state index >= 15 is 0 Å². The maximum Gasteiger partial charge on any atom is 0.166 e. The molecular weight excluding hydrogens is 386 g/mol. The second-order valence-corrected chi connectivity index (χ2v) is 6.16. The topological polar surface area (TPSA) is 48.1 Å². The molecule has 3 nitrogen and oxygen atoms in total. The van der Waals surface area contributed by atoms with Crippen LogP contribution in [0.1, 0.15) is 18.6 Å². The van der Waals surface area contributed by atoms with Crippen LogP contribution in [0.15, 0.2) is 28.9 Å². The number of rotatable bonds is 3. The molecule has 0 spiro atoms. The van der Waals surface area contributed by atoms with Crippen molar-refractivity contribution in [2.24, 2.45) is 0 Å². The molecule has 0 unspecified atom stereocenters. The summed E-state index contributed by atoms with van der Waals surface area (Å²) in [6.45, 7) is 1.81. The first-order chi connectivity index (χ1) is 9.40. The minimum Gasteiger partial charge on any atom is -0.482 e. The SMILES string of the molecule is C[C@@H](Oc1cc(Br)cnc1N)c1c(Cl)ccc(Cl)c1Cl. The lowest BCUT2D eigenvalue weighted by Crippen LogP contribution is -2.07. The van der Waals surface area contributed by atoms with Crippen LogP contribution in [-0.4, -0.2) is 4.98 Å². The van der Waals surface area contributed by atoms with E-state index < -0.39 is 6.10 Å². The molecule has 2 rings (SSSR count). The molecule has 2 N–H and O–H groups in total. The molecule has 0 fully saturated rings. The molecule has 0 saturated heterocycles. The van der Waals surface area contributed by atoms with Gasteiger partial charge in [-0.25, -0.2) is 4.98 Å². The maximum absolute atomic E-state index is 6.18. The summed E-state index contributed by atoms with van der Waals surface area (Å²) in [5, 5.41) is 1.27. The van der Waals surface area contributed by atoms with E-state index in [1.807, 2.05) is 6.92 Å². The van der Waals surface area contributed by atoms with Crippen molar-refractivity contribution in [3.05, 3.63) is 49.5 Å². The van der Waals surface area contributed by atoms with Crippen LogP contribution < -0.4 is 10.5 Å². The Morgan fingerprint density at radius 1 is 1.25 bits per heavy atom. The van der Waals surface area contributed by atoms with Crippen LogP contribution >= 0.6 is 50.7 Å². The summed E-state index contributed by atoms with van der Waals surface area (Å²) in [7, 11) is 0. The van der Waals surface area contributed by atoms with Gasteiger partial charge in [0.05, 0.1) is 10.0 Å². The molecule has 0 bridgehead atoms. The van der Waals surface area contributed by atoms with Gasteiger partial charge in [-0.2, -0.15) is 0 Å². The predicted octanol–water partition coefficient (Wildman–Crippen LogP) is 5.53. The number of benzene rings is 1. The second-order valence-electron chi connectivity index (χ2n) is 4.05. The number of hydrogen-bond donors (Lipinski definition) is 1. The average Bonchev–Trinajstić information content (AvgIpc) is 2.39. The zero-order chi connectivity index (χ0) is 14.9. The van der Waals surface area contributed by atoms with Gasteiger partial charge >= 0.3 is 0 Å². The Bertz CT molecular complexity index is 652. The van der Waals surface area contributed by atoms with Gasteiger partial charge in [-0.3, -0.25) is 0 Å². The van der Waals surface area contributed by atoms with E-state index in [1.165, 1.54) is 0 Å². The number of pyridine rings is 1. The van der Waals surface area contributed by atoms with Gasteiger partial charge in [-0.05, 0) is 41.1 Å². The van der Waals surface area contributed by atoms with Crippen molar-refractivity contribution in [2.45, 2.75) is 13.0 Å². The molecular formula is C13H10BrCl3N2O. The Labute approximate surface area is 140 Å². The summed E-state index contributed by atoms with van der Waals surface area (Å²) in [4.78, 5) is 4.00. The van der Waals surface area contributed by atoms with Gasteiger partial charge in [0, 0.05) is 21.3 Å². The van der Waals surface area contributed by atoms with E-state index in [2.05, 4.69) is 20.9 Å². The van der Waals surface area contributed by atoms with Crippen LogP contribution in [-0.2, 0) is 0 Å². The van der Waals surface area contributed by atoms with E-state index in [9.17, 15) is 0 Å². The van der Waals surface area contributed by atoms with Crippen molar-refractivity contribution in [3.8, 4) is 5.75 Å². The molecule has 20 heavy (non-hydrogen) atoms. The van der Waals surface area contributed by atoms with Gasteiger partial charge in [0.25, 0.3) is 0 Å². The summed E-state index contributed by atoms with van der Waals surface area (Å²) in [6.07, 6.45) is 1.17. The third-order valence-corrected chi connectivity index (χ3v) is 4.22. The Hall–Kier alpha value is -0.680. The first kappa shape index (κ1) is 15.7. The molecule has 1 aromatic heterocycles. The van der Waals surface area contributed by atoms with E-state index in [0.717, 1.165) is 4.47 Å². The molecule has 0 amide bonds. The number of hydrogen-bond acceptors (Lipinski definition) is 3. The quantitative estimate of drug-likeness (QED) is 0.694. The highest BCUT2D eigenvalue weighted by atomic mass is 79.9. The maximum atomic E-state index is 6.18. The fraction of sp³-hybridized carbons (Fsp3) is 0.154. The minimum atomic E-state index is -0.424. The standard InChI is InChI=1S/C13H10BrCl3N2O/c1-6(11-8(15)2-3-9(16)12(11)17)20-10-4-7(14)5-19-13(10)18/h2-6H,1H3,(H2,18,19)/t6-/m1/s1. The number of nitrogens with zero attached hydrogens (tertiary/aromatic N) is 1. The highest BCUT2D eigenvalue weighted by molar-refractivity contribution is 9.10. The molecule has 0 aliphatic carbocycles. The summed E-state index contributed by atoms with van der Waals surface area (Å²) in [6, 6.07) is 5.04. The number of nitrogens with two attached hydrogens (primary N) is 1. The molecule has 106 valence electrons. The largest absolute Gasteiger partial charge is 0.482 e. The van der Waals surface area contributed by atoms with E-state index in [4.69, 9.17) is 45.3 Å². The van der Waals surface area contributed by atoms with Gasteiger partial charge in [-0.1, -0.05) is 34.8 Å². The van der Waals surface area contributed by atoms with Gasteiger partial charge in [0.1, 0.15) is 6.10 Å². The highest BCUT2D eigenvalue weighted by Gasteiger charge is 2.19. The molecule has 1 atom stereocenters. The second kappa shape index (κ2) is 6.39. The Morgan fingerprint density at radius 2 is 1.90 bits per heavy atom. The Balaban J connectivity index is 2.35. The fourth-order valence-electron chi connectivity index (χ4n) is 1.69. The van der Waals surface area contributed by atoms with Crippen molar-refractivity contribution in [2.75, 3.05) is 5.73 Å². The number of ether oxygens (including phenoxy) is 1. The highest BCUT2D eigenvalue weighted by Crippen LogP contribution is 2.38. The number of anilines is 1. The fourth-order valence-corrected chi connectivity index (χ4v) is 2.84. The Morgan fingerprint density at radius 3 is 2.60 bits per heavy atom. The van der Waals surface area contributed by atoms with Gasteiger partial charge in [-0.15, -0.1) is 0 Å². The van der Waals surface area contributed by atoms with Crippen LogP contribution in [0, 0.1) is 0 Å². The lowest BCUT2D eigenvalue weighted by atomic mass is 10.1. The lowest BCUT2D eigenvalue weighted by Gasteiger charge is -2.19. The predicted molar refractivity (Wildman–Crippen MR) is 86.9 cm³/mol. The monoisotopic (exact) mass is 394 g/mol. The third kappa shape index (κ3) is 3.31. The molecule has 0 saturated carbocycles. The normalized spacial score (nSPS) is 12.2. The van der Waals surface area contributed by atoms with E-state index in [1.54, 1.807) is 24.4 Å². The molecule has 0 aliphatic heterocycles. The van der Waals surface area contributed by atoms with E-state index in [-0.39, 0.29) is 5.82 Å². The zero-order valence-electron chi connectivity index (χ0n) is 10.3. The van der Waals surface area contributed by atoms with Crippen molar-refractivity contribution in [1.82, 2.24) is 4.98 Å². The molecule has 0 aliphatic rings. The van der Waals surface area contributed by atoms with Crippen LogP contribution in [0.5, 0.6) is 5.75 Å². The van der Waals surface area contributed by atoms with Crippen molar-refractivity contribution in [3.63, 3.8) is 0 Å². The minimum absolute atomic E-state index is 0.286. The van der Waals surface area contributed by atoms with E-state index in [0.29, 0.717) is 26.4 Å². The average molecular weight is 396 g/mol. The number of halogens is 4. The van der Waals surface area contributed by atoms with Gasteiger partial charge in [0.15, 0.2) is 11.6 Å². The summed E-state index contributed by atoms with van der Waals surface area (Å²) in [5.74, 6) is 0.730. The van der Waals surface area contributed by atoms with Crippen molar-refractivity contribution >= 4 is 56.6 Å². The van der Waals surface area contributed by atoms with Crippen LogP contribution in [0.4, 0.5) is 5.82 Å². The first-order valence-electron chi connectivity index (χ1n) is 5.61. The van der Waals surface area contributed by atoms with Crippen molar-refractivity contribution in [1.29, 1.82) is 0 Å². The lowest BCUT2D eigenvalue weighted by molar-refractivity contribution is 0.227. The summed E-state index contributed by atoms with van der Waals surface area (Å²) >= 11 is 21.6. The molecule has 1 aromatic carbocycles. The Kier molecular flexibility index (Phi) is 5.02. The van der Waals surface area contributed by atoms with Crippen LogP contribution in [0.2, 0.25) is 15.1 Å². The molecule has 2 aromatic rings. The first-order valence-corrected chi connectivity index (χ1v) is 7.54. The zero-order valence-corrected chi connectivity index (χ0v) is 14.2. The van der Waals surface area contributed by atoms with Crippen LogP contribution in [0.3, 0.4) is 0 Å². The van der Waals surface area contributed by atoms with Crippen LogP contribution in [0.25, 0.3) is 0 Å². The van der Waals surface area contributed by atoms with Gasteiger partial charge < -0.3 is 10.5 Å². The van der Waals surface area contributed by atoms with Gasteiger partial charge in [0.2, 0.25) is 0 Å². The summed E-state index contributed by atoms with van der Waals surface area (Å²) < 4.78 is 6.54. The number of aromatic nitrogens is 1. The summed E-state index contributed by atoms with van der Waals surface area (Å²) in [5.41, 5.74) is 6.38. The third-order valence-electron chi connectivity index (χ3n) is 2.64. The molecule has 1 heterocycles. The smallest absolute Gasteiger partial charge is 0.166 e. The number of nitrogen functional groups attached to an aromatic ring is 1.